The number of nitrogens with zero attached hydrogens (tertiary/aromatic N) is 2. The van der Waals surface area contributed by atoms with Crippen LogP contribution < -0.4 is 5.73 Å². The Labute approximate surface area is 141 Å². The molecule has 0 bridgehead atoms. The number of nitro benzene ring substituents is 1. The van der Waals surface area contributed by atoms with Crippen molar-refractivity contribution in [3.63, 3.8) is 0 Å². The predicted octanol–water partition coefficient (Wildman–Crippen LogP) is 3.62. The molecule has 0 spiro atoms. The monoisotopic (exact) mass is 327 g/mol. The predicted molar refractivity (Wildman–Crippen MR) is 93.6 cm³/mol. The molecule has 24 heavy (non-hydrogen) atoms. The molecule has 0 saturated carbocycles. The summed E-state index contributed by atoms with van der Waals surface area (Å²) >= 11 is 0. The molecule has 1 unspecified atom stereocenters. The summed E-state index contributed by atoms with van der Waals surface area (Å²) in [6.45, 7) is 4.42. The van der Waals surface area contributed by atoms with Crippen LogP contribution in [0.3, 0.4) is 0 Å². The molecule has 6 heteroatoms. The Balaban J connectivity index is 2.34. The van der Waals surface area contributed by atoms with Crippen molar-refractivity contribution in [1.29, 1.82) is 0 Å². The maximum Gasteiger partial charge on any atom is 0.292 e. The molecule has 2 N–H and O–H groups in total. The summed E-state index contributed by atoms with van der Waals surface area (Å²) in [6, 6.07) is 13.9. The van der Waals surface area contributed by atoms with E-state index in [4.69, 9.17) is 5.73 Å². The van der Waals surface area contributed by atoms with Crippen LogP contribution in [0.2, 0.25) is 0 Å². The Bertz CT molecular complexity index is 732. The minimum atomic E-state index is -0.573. The van der Waals surface area contributed by atoms with Crippen molar-refractivity contribution < 1.29 is 9.72 Å². The highest BCUT2D eigenvalue weighted by Gasteiger charge is 2.23. The van der Waals surface area contributed by atoms with Gasteiger partial charge >= 0.3 is 0 Å². The highest BCUT2D eigenvalue weighted by molar-refractivity contribution is 5.95. The molecule has 0 aromatic heterocycles. The number of nitrogens with two attached hydrogens (primary N) is 1. The Kier molecular flexibility index (Phi) is 5.52. The number of carbonyl (C=O) groups excluding carboxylic acids is 1. The smallest absolute Gasteiger partial charge is 0.292 e. The van der Waals surface area contributed by atoms with E-state index in [0.29, 0.717) is 6.54 Å². The highest BCUT2D eigenvalue weighted by Crippen LogP contribution is 2.24. The lowest BCUT2D eigenvalue weighted by Crippen LogP contribution is -2.37. The van der Waals surface area contributed by atoms with Crippen molar-refractivity contribution in [2.45, 2.75) is 32.9 Å². The summed E-state index contributed by atoms with van der Waals surface area (Å²) in [5.74, 6) is -0.240. The summed E-state index contributed by atoms with van der Waals surface area (Å²) in [5, 5.41) is 11.0. The molecule has 1 atom stereocenters. The Morgan fingerprint density at radius 1 is 1.25 bits per heavy atom. The van der Waals surface area contributed by atoms with Gasteiger partial charge in [-0.05, 0) is 31.0 Å². The summed E-state index contributed by atoms with van der Waals surface area (Å²) in [6.07, 6.45) is 0.787. The third-order valence-electron chi connectivity index (χ3n) is 4.05. The van der Waals surface area contributed by atoms with Crippen molar-refractivity contribution in [3.8, 4) is 0 Å². The summed E-state index contributed by atoms with van der Waals surface area (Å²) in [4.78, 5) is 25.1. The standard InChI is InChI=1S/C18H21N3O3/c1-3-13(2)20(12-14-7-5-4-6-8-14)18(22)15-9-10-16(19)17(11-15)21(23)24/h4-11,13H,3,12,19H2,1-2H3. The lowest BCUT2D eigenvalue weighted by atomic mass is 10.1. The quantitative estimate of drug-likeness (QED) is 0.498. The number of nitro groups is 1. The first-order valence-electron chi connectivity index (χ1n) is 7.82. The van der Waals surface area contributed by atoms with Gasteiger partial charge in [-0.1, -0.05) is 37.3 Å². The summed E-state index contributed by atoms with van der Waals surface area (Å²) < 4.78 is 0. The second-order valence-electron chi connectivity index (χ2n) is 5.71. The topological polar surface area (TPSA) is 89.5 Å². The number of nitrogen functional groups attached to an aromatic ring is 1. The molecule has 0 fully saturated rings. The van der Waals surface area contributed by atoms with E-state index in [0.717, 1.165) is 12.0 Å². The zero-order chi connectivity index (χ0) is 17.7. The minimum absolute atomic E-state index is 0.00863. The first-order chi connectivity index (χ1) is 11.4. The number of benzene rings is 2. The van der Waals surface area contributed by atoms with Gasteiger partial charge in [-0.2, -0.15) is 0 Å². The fourth-order valence-electron chi connectivity index (χ4n) is 2.43. The lowest BCUT2D eigenvalue weighted by Gasteiger charge is -2.29. The molecule has 2 aromatic rings. The molecule has 1 amide bonds. The largest absolute Gasteiger partial charge is 0.393 e. The van der Waals surface area contributed by atoms with Crippen molar-refractivity contribution in [1.82, 2.24) is 4.90 Å². The fourth-order valence-corrected chi connectivity index (χ4v) is 2.43. The normalized spacial score (nSPS) is 11.8. The van der Waals surface area contributed by atoms with Crippen molar-refractivity contribution in [2.24, 2.45) is 0 Å². The zero-order valence-electron chi connectivity index (χ0n) is 13.8. The van der Waals surface area contributed by atoms with E-state index >= 15 is 0 Å². The van der Waals surface area contributed by atoms with E-state index in [1.165, 1.54) is 18.2 Å². The van der Waals surface area contributed by atoms with Crippen molar-refractivity contribution in [3.05, 3.63) is 69.8 Å². The Hall–Kier alpha value is -2.89. The number of carbonyl (C=O) groups is 1. The van der Waals surface area contributed by atoms with Crippen LogP contribution in [0.15, 0.2) is 48.5 Å². The van der Waals surface area contributed by atoms with Crippen LogP contribution in [-0.4, -0.2) is 21.8 Å². The van der Waals surface area contributed by atoms with Gasteiger partial charge in [-0.25, -0.2) is 0 Å². The maximum atomic E-state index is 12.9. The molecule has 126 valence electrons. The van der Waals surface area contributed by atoms with Crippen LogP contribution in [0.1, 0.15) is 36.2 Å². The van der Waals surface area contributed by atoms with Gasteiger partial charge in [0.2, 0.25) is 0 Å². The van der Waals surface area contributed by atoms with Crippen LogP contribution in [0.4, 0.5) is 11.4 Å². The molecule has 2 rings (SSSR count). The van der Waals surface area contributed by atoms with Gasteiger partial charge in [0.25, 0.3) is 11.6 Å². The average molecular weight is 327 g/mol. The van der Waals surface area contributed by atoms with Crippen LogP contribution in [0, 0.1) is 10.1 Å². The minimum Gasteiger partial charge on any atom is -0.393 e. The van der Waals surface area contributed by atoms with Crippen molar-refractivity contribution >= 4 is 17.3 Å². The van der Waals surface area contributed by atoms with Gasteiger partial charge in [0.05, 0.1) is 4.92 Å². The van der Waals surface area contributed by atoms with E-state index in [1.807, 2.05) is 44.2 Å². The molecule has 2 aromatic carbocycles. The molecule has 0 saturated heterocycles. The van der Waals surface area contributed by atoms with Crippen LogP contribution in [-0.2, 0) is 6.54 Å². The number of hydrogen-bond acceptors (Lipinski definition) is 4. The Morgan fingerprint density at radius 2 is 1.92 bits per heavy atom. The van der Waals surface area contributed by atoms with Gasteiger partial charge in [-0.3, -0.25) is 14.9 Å². The first kappa shape index (κ1) is 17.5. The summed E-state index contributed by atoms with van der Waals surface area (Å²) in [5.41, 5.74) is 6.70. The zero-order valence-corrected chi connectivity index (χ0v) is 13.8. The van der Waals surface area contributed by atoms with Gasteiger partial charge in [-0.15, -0.1) is 0 Å². The second kappa shape index (κ2) is 7.59. The third kappa shape index (κ3) is 3.90. The van der Waals surface area contributed by atoms with Crippen LogP contribution in [0.5, 0.6) is 0 Å². The van der Waals surface area contributed by atoms with Crippen molar-refractivity contribution in [2.75, 3.05) is 5.73 Å². The van der Waals surface area contributed by atoms with Gasteiger partial charge in [0.15, 0.2) is 0 Å². The Morgan fingerprint density at radius 3 is 2.50 bits per heavy atom. The molecule has 0 aliphatic heterocycles. The number of hydrogen-bond donors (Lipinski definition) is 1. The van der Waals surface area contributed by atoms with E-state index < -0.39 is 4.92 Å². The molecule has 0 aliphatic carbocycles. The molecular weight excluding hydrogens is 306 g/mol. The average Bonchev–Trinajstić information content (AvgIpc) is 2.59. The van der Waals surface area contributed by atoms with Gasteiger partial charge in [0.1, 0.15) is 5.69 Å². The van der Waals surface area contributed by atoms with E-state index in [1.54, 1.807) is 4.90 Å². The molecule has 0 aliphatic rings. The molecular formula is C18H21N3O3. The number of amides is 1. The third-order valence-corrected chi connectivity index (χ3v) is 4.05. The van der Waals surface area contributed by atoms with Gasteiger partial charge in [0, 0.05) is 24.2 Å². The maximum absolute atomic E-state index is 12.9. The lowest BCUT2D eigenvalue weighted by molar-refractivity contribution is -0.383. The van der Waals surface area contributed by atoms with E-state index in [2.05, 4.69) is 0 Å². The summed E-state index contributed by atoms with van der Waals surface area (Å²) in [7, 11) is 0. The number of rotatable bonds is 6. The second-order valence-corrected chi connectivity index (χ2v) is 5.71. The molecule has 0 radical (unpaired) electrons. The van der Waals surface area contributed by atoms with Crippen LogP contribution >= 0.6 is 0 Å². The highest BCUT2D eigenvalue weighted by atomic mass is 16.6. The SMILES string of the molecule is CCC(C)N(Cc1ccccc1)C(=O)c1ccc(N)c([N+](=O)[O-])c1. The van der Waals surface area contributed by atoms with Crippen LogP contribution in [0.25, 0.3) is 0 Å². The van der Waals surface area contributed by atoms with Gasteiger partial charge < -0.3 is 10.6 Å². The van der Waals surface area contributed by atoms with E-state index in [9.17, 15) is 14.9 Å². The first-order valence-corrected chi connectivity index (χ1v) is 7.82. The fraction of sp³-hybridized carbons (Fsp3) is 0.278. The molecule has 0 heterocycles. The number of anilines is 1. The van der Waals surface area contributed by atoms with E-state index in [-0.39, 0.29) is 28.9 Å². The molecule has 6 nitrogen and oxygen atoms in total.